The van der Waals surface area contributed by atoms with Gasteiger partial charge in [-0.05, 0) is 18.6 Å². The number of para-hydroxylation sites is 1. The maximum Gasteiger partial charge on any atom is 0.302 e. The Morgan fingerprint density at radius 3 is 2.69 bits per heavy atom. The van der Waals surface area contributed by atoms with Crippen LogP contribution in [-0.2, 0) is 9.53 Å². The monoisotopic (exact) mass is 224 g/mol. The number of hydrogen-bond donors (Lipinski definition) is 1. The van der Waals surface area contributed by atoms with Gasteiger partial charge in [0, 0.05) is 6.92 Å². The average molecular weight is 224 g/mol. The van der Waals surface area contributed by atoms with Gasteiger partial charge in [0.1, 0.15) is 25.1 Å². The summed E-state index contributed by atoms with van der Waals surface area (Å²) in [5.41, 5.74) is 1.00. The molecule has 0 saturated carbocycles. The van der Waals surface area contributed by atoms with Gasteiger partial charge in [-0.3, -0.25) is 4.79 Å². The van der Waals surface area contributed by atoms with E-state index in [9.17, 15) is 9.90 Å². The van der Waals surface area contributed by atoms with Crippen LogP contribution in [0.2, 0.25) is 0 Å². The number of aryl methyl sites for hydroxylation is 1. The van der Waals surface area contributed by atoms with E-state index in [1.165, 1.54) is 6.92 Å². The minimum atomic E-state index is -0.802. The summed E-state index contributed by atoms with van der Waals surface area (Å²) in [4.78, 5) is 10.5. The highest BCUT2D eigenvalue weighted by Crippen LogP contribution is 2.16. The van der Waals surface area contributed by atoms with Gasteiger partial charge in [0.05, 0.1) is 0 Å². The van der Waals surface area contributed by atoms with Crippen molar-refractivity contribution in [2.75, 3.05) is 13.2 Å². The van der Waals surface area contributed by atoms with Gasteiger partial charge < -0.3 is 14.6 Å². The molecule has 4 heteroatoms. The third-order valence-corrected chi connectivity index (χ3v) is 2.00. The Morgan fingerprint density at radius 2 is 2.06 bits per heavy atom. The molecule has 1 aromatic carbocycles. The summed E-state index contributed by atoms with van der Waals surface area (Å²) in [6.07, 6.45) is -0.802. The fourth-order valence-electron chi connectivity index (χ4n) is 1.17. The van der Waals surface area contributed by atoms with Gasteiger partial charge in [0.25, 0.3) is 0 Å². The van der Waals surface area contributed by atoms with Crippen LogP contribution >= 0.6 is 0 Å². The molecule has 1 aromatic rings. The smallest absolute Gasteiger partial charge is 0.302 e. The van der Waals surface area contributed by atoms with Gasteiger partial charge >= 0.3 is 5.97 Å². The van der Waals surface area contributed by atoms with E-state index in [0.29, 0.717) is 0 Å². The van der Waals surface area contributed by atoms with Crippen molar-refractivity contribution in [1.82, 2.24) is 0 Å². The van der Waals surface area contributed by atoms with Crippen LogP contribution < -0.4 is 4.74 Å². The molecule has 0 heterocycles. The van der Waals surface area contributed by atoms with Crippen LogP contribution in [0.5, 0.6) is 5.75 Å². The Bertz CT molecular complexity index is 349. The fourth-order valence-corrected chi connectivity index (χ4v) is 1.17. The van der Waals surface area contributed by atoms with Gasteiger partial charge in [0.2, 0.25) is 0 Å². The number of hydrogen-bond acceptors (Lipinski definition) is 4. The molecule has 1 rings (SSSR count). The van der Waals surface area contributed by atoms with Gasteiger partial charge in [-0.2, -0.15) is 0 Å². The molecule has 1 atom stereocenters. The van der Waals surface area contributed by atoms with Gasteiger partial charge in [-0.25, -0.2) is 0 Å². The first kappa shape index (κ1) is 12.5. The Morgan fingerprint density at radius 1 is 1.38 bits per heavy atom. The van der Waals surface area contributed by atoms with Crippen LogP contribution in [0.25, 0.3) is 0 Å². The summed E-state index contributed by atoms with van der Waals surface area (Å²) in [7, 11) is 0. The molecule has 0 amide bonds. The molecule has 0 bridgehead atoms. The van der Waals surface area contributed by atoms with Crippen molar-refractivity contribution in [3.8, 4) is 5.75 Å². The zero-order valence-electron chi connectivity index (χ0n) is 9.47. The Labute approximate surface area is 94.8 Å². The van der Waals surface area contributed by atoms with E-state index in [0.717, 1.165) is 11.3 Å². The maximum atomic E-state index is 10.5. The molecule has 4 nitrogen and oxygen atoms in total. The van der Waals surface area contributed by atoms with Gasteiger partial charge in [-0.15, -0.1) is 0 Å². The van der Waals surface area contributed by atoms with E-state index in [1.54, 1.807) is 0 Å². The highest BCUT2D eigenvalue weighted by molar-refractivity contribution is 5.65. The number of aliphatic hydroxyl groups is 1. The molecule has 0 aliphatic heterocycles. The van der Waals surface area contributed by atoms with E-state index >= 15 is 0 Å². The molecule has 0 unspecified atom stereocenters. The first-order chi connectivity index (χ1) is 7.59. The lowest BCUT2D eigenvalue weighted by Crippen LogP contribution is -2.24. The first-order valence-corrected chi connectivity index (χ1v) is 5.09. The third-order valence-electron chi connectivity index (χ3n) is 2.00. The van der Waals surface area contributed by atoms with Crippen LogP contribution in [0.3, 0.4) is 0 Å². The molecule has 0 aliphatic carbocycles. The van der Waals surface area contributed by atoms with Crippen LogP contribution in [0.1, 0.15) is 12.5 Å². The Hall–Kier alpha value is -1.55. The van der Waals surface area contributed by atoms with Crippen molar-refractivity contribution in [2.24, 2.45) is 0 Å². The van der Waals surface area contributed by atoms with Crippen LogP contribution in [0.4, 0.5) is 0 Å². The lowest BCUT2D eigenvalue weighted by molar-refractivity contribution is -0.144. The highest BCUT2D eigenvalue weighted by Gasteiger charge is 2.07. The van der Waals surface area contributed by atoms with Crippen molar-refractivity contribution in [1.29, 1.82) is 0 Å². The number of carbonyl (C=O) groups is 1. The number of aliphatic hydroxyl groups excluding tert-OH is 1. The number of carbonyl (C=O) groups excluding carboxylic acids is 1. The molecule has 0 radical (unpaired) electrons. The largest absolute Gasteiger partial charge is 0.490 e. The minimum Gasteiger partial charge on any atom is -0.490 e. The summed E-state index contributed by atoms with van der Waals surface area (Å²) in [5.74, 6) is 0.319. The molecule has 16 heavy (non-hydrogen) atoms. The SMILES string of the molecule is CC(=O)OC[C@@H](O)COc1ccccc1C. The zero-order valence-corrected chi connectivity index (χ0v) is 9.47. The maximum absolute atomic E-state index is 10.5. The van der Waals surface area contributed by atoms with E-state index in [2.05, 4.69) is 4.74 Å². The molecule has 0 aliphatic rings. The minimum absolute atomic E-state index is 0.0405. The molecule has 0 fully saturated rings. The van der Waals surface area contributed by atoms with E-state index in [-0.39, 0.29) is 13.2 Å². The third kappa shape index (κ3) is 4.31. The van der Waals surface area contributed by atoms with Crippen molar-refractivity contribution >= 4 is 5.97 Å². The standard InChI is InChI=1S/C12H16O4/c1-9-5-3-4-6-12(9)16-8-11(14)7-15-10(2)13/h3-6,11,14H,7-8H2,1-2H3/t11-/m1/s1. The molecular weight excluding hydrogens is 208 g/mol. The van der Waals surface area contributed by atoms with E-state index < -0.39 is 12.1 Å². The van der Waals surface area contributed by atoms with E-state index in [1.807, 2.05) is 31.2 Å². The Balaban J connectivity index is 2.34. The summed E-state index contributed by atoms with van der Waals surface area (Å²) in [6.45, 7) is 3.29. The normalized spacial score (nSPS) is 11.9. The summed E-state index contributed by atoms with van der Waals surface area (Å²) < 4.78 is 10.0. The second kappa shape index (κ2) is 6.12. The zero-order chi connectivity index (χ0) is 12.0. The fraction of sp³-hybridized carbons (Fsp3) is 0.417. The van der Waals surface area contributed by atoms with Gasteiger partial charge in [0.15, 0.2) is 0 Å². The lowest BCUT2D eigenvalue weighted by Gasteiger charge is -2.13. The molecule has 1 N–H and O–H groups in total. The second-order valence-corrected chi connectivity index (χ2v) is 3.53. The first-order valence-electron chi connectivity index (χ1n) is 5.09. The lowest BCUT2D eigenvalue weighted by atomic mass is 10.2. The van der Waals surface area contributed by atoms with Crippen LogP contribution in [-0.4, -0.2) is 30.4 Å². The van der Waals surface area contributed by atoms with Crippen molar-refractivity contribution < 1.29 is 19.4 Å². The summed E-state index contributed by atoms with van der Waals surface area (Å²) >= 11 is 0. The molecular formula is C12H16O4. The molecule has 0 saturated heterocycles. The topological polar surface area (TPSA) is 55.8 Å². The number of esters is 1. The molecule has 0 aromatic heterocycles. The summed E-state index contributed by atoms with van der Waals surface area (Å²) in [6, 6.07) is 7.53. The summed E-state index contributed by atoms with van der Waals surface area (Å²) in [5, 5.41) is 9.45. The van der Waals surface area contributed by atoms with Crippen molar-refractivity contribution in [3.63, 3.8) is 0 Å². The number of benzene rings is 1. The number of ether oxygens (including phenoxy) is 2. The van der Waals surface area contributed by atoms with Gasteiger partial charge in [-0.1, -0.05) is 18.2 Å². The predicted molar refractivity (Wildman–Crippen MR) is 59.3 cm³/mol. The quantitative estimate of drug-likeness (QED) is 0.766. The second-order valence-electron chi connectivity index (χ2n) is 3.53. The molecule has 88 valence electrons. The number of rotatable bonds is 5. The Kier molecular flexibility index (Phi) is 4.79. The van der Waals surface area contributed by atoms with Crippen LogP contribution in [0, 0.1) is 6.92 Å². The van der Waals surface area contributed by atoms with E-state index in [4.69, 9.17) is 4.74 Å². The predicted octanol–water partition coefficient (Wildman–Crippen LogP) is 1.30. The highest BCUT2D eigenvalue weighted by atomic mass is 16.5. The molecule has 0 spiro atoms. The average Bonchev–Trinajstić information content (AvgIpc) is 2.25. The van der Waals surface area contributed by atoms with Crippen LogP contribution in [0.15, 0.2) is 24.3 Å². The van der Waals surface area contributed by atoms with Crippen molar-refractivity contribution in [2.45, 2.75) is 20.0 Å². The van der Waals surface area contributed by atoms with Crippen molar-refractivity contribution in [3.05, 3.63) is 29.8 Å².